The van der Waals surface area contributed by atoms with Gasteiger partial charge in [-0.1, -0.05) is 36.7 Å². The number of oxazole rings is 1. The van der Waals surface area contributed by atoms with Crippen LogP contribution in [0.25, 0.3) is 11.5 Å². The Labute approximate surface area is 192 Å². The van der Waals surface area contributed by atoms with Crippen molar-refractivity contribution in [2.75, 3.05) is 31.1 Å². The van der Waals surface area contributed by atoms with Crippen LogP contribution in [0.2, 0.25) is 5.02 Å². The summed E-state index contributed by atoms with van der Waals surface area (Å²) in [6.45, 7) is 3.90. The van der Waals surface area contributed by atoms with E-state index >= 15 is 0 Å². The number of anilines is 1. The molecule has 1 saturated heterocycles. The van der Waals surface area contributed by atoms with Gasteiger partial charge >= 0.3 is 0 Å². The number of benzene rings is 2. The molecule has 0 radical (unpaired) electrons. The van der Waals surface area contributed by atoms with Crippen molar-refractivity contribution < 1.29 is 17.6 Å². The van der Waals surface area contributed by atoms with Crippen LogP contribution in [0.3, 0.4) is 0 Å². The summed E-state index contributed by atoms with van der Waals surface area (Å²) in [6, 6.07) is 15.2. The molecular weight excluding hydrogens is 450 g/mol. The van der Waals surface area contributed by atoms with Gasteiger partial charge in [0.05, 0.1) is 4.90 Å². The van der Waals surface area contributed by atoms with Gasteiger partial charge in [-0.15, -0.1) is 0 Å². The third-order valence-corrected chi connectivity index (χ3v) is 7.28. The summed E-state index contributed by atoms with van der Waals surface area (Å²) in [5, 5.41) is 0.314. The molecule has 9 heteroatoms. The Bertz CT molecular complexity index is 1190. The Balaban J connectivity index is 1.71. The molecule has 1 fully saturated rings. The highest BCUT2D eigenvalue weighted by Gasteiger charge is 2.33. The standard InChI is InChI=1S/C23H24ClN3O4S/c1-2-6-20(28)26-13-15-27(16-14-26)23-22(25-21(31-23)17-7-4-3-5-8-17)32(29,30)19-11-9-18(24)10-12-19/h3-5,7-12H,2,6,13-16H2,1H3. The van der Waals surface area contributed by atoms with Crippen molar-refractivity contribution in [2.24, 2.45) is 0 Å². The first-order valence-corrected chi connectivity index (χ1v) is 12.4. The summed E-state index contributed by atoms with van der Waals surface area (Å²) in [5.41, 5.74) is 0.683. The van der Waals surface area contributed by atoms with Gasteiger partial charge in [-0.05, 0) is 42.8 Å². The predicted octanol–water partition coefficient (Wildman–Crippen LogP) is 4.28. The van der Waals surface area contributed by atoms with E-state index < -0.39 is 9.84 Å². The van der Waals surface area contributed by atoms with Crippen LogP contribution in [0.4, 0.5) is 5.88 Å². The van der Waals surface area contributed by atoms with Gasteiger partial charge in [-0.25, -0.2) is 8.42 Å². The third-order valence-electron chi connectivity index (χ3n) is 5.36. The van der Waals surface area contributed by atoms with Gasteiger partial charge < -0.3 is 14.2 Å². The van der Waals surface area contributed by atoms with Gasteiger partial charge in [-0.2, -0.15) is 4.98 Å². The number of amides is 1. The van der Waals surface area contributed by atoms with Crippen molar-refractivity contribution in [3.05, 3.63) is 59.6 Å². The zero-order chi connectivity index (χ0) is 22.7. The second-order valence-electron chi connectivity index (χ2n) is 7.57. The first-order chi connectivity index (χ1) is 15.4. The molecule has 168 valence electrons. The Morgan fingerprint density at radius 1 is 1.03 bits per heavy atom. The highest BCUT2D eigenvalue weighted by molar-refractivity contribution is 7.91. The molecule has 0 aliphatic carbocycles. The molecule has 0 bridgehead atoms. The fourth-order valence-corrected chi connectivity index (χ4v) is 5.08. The Morgan fingerprint density at radius 2 is 1.69 bits per heavy atom. The Kier molecular flexibility index (Phi) is 6.53. The molecule has 1 aliphatic rings. The number of aromatic nitrogens is 1. The van der Waals surface area contributed by atoms with E-state index in [0.717, 1.165) is 6.42 Å². The maximum atomic E-state index is 13.5. The van der Waals surface area contributed by atoms with E-state index in [1.54, 1.807) is 0 Å². The van der Waals surface area contributed by atoms with E-state index in [4.69, 9.17) is 16.0 Å². The third kappa shape index (κ3) is 4.52. The van der Waals surface area contributed by atoms with Crippen LogP contribution in [0.15, 0.2) is 68.9 Å². The Hall–Kier alpha value is -2.84. The molecule has 0 unspecified atom stereocenters. The molecule has 4 rings (SSSR count). The molecule has 1 aliphatic heterocycles. The number of nitrogens with zero attached hydrogens (tertiary/aromatic N) is 3. The average Bonchev–Trinajstić information content (AvgIpc) is 3.27. The normalized spacial score (nSPS) is 14.6. The summed E-state index contributed by atoms with van der Waals surface area (Å²) in [6.07, 6.45) is 1.31. The van der Waals surface area contributed by atoms with Crippen LogP contribution in [0, 0.1) is 0 Å². The second kappa shape index (κ2) is 9.34. The van der Waals surface area contributed by atoms with Crippen molar-refractivity contribution >= 4 is 33.2 Å². The van der Waals surface area contributed by atoms with Crippen molar-refractivity contribution in [3.8, 4) is 11.5 Å². The van der Waals surface area contributed by atoms with E-state index in [0.29, 0.717) is 43.2 Å². The number of piperazine rings is 1. The highest BCUT2D eigenvalue weighted by atomic mass is 35.5. The minimum Gasteiger partial charge on any atom is -0.419 e. The van der Waals surface area contributed by atoms with Crippen LogP contribution < -0.4 is 4.90 Å². The highest BCUT2D eigenvalue weighted by Crippen LogP contribution is 2.35. The van der Waals surface area contributed by atoms with Crippen LogP contribution >= 0.6 is 11.6 Å². The van der Waals surface area contributed by atoms with Gasteiger partial charge in [0, 0.05) is 43.2 Å². The number of carbonyl (C=O) groups excluding carboxylic acids is 1. The van der Waals surface area contributed by atoms with Gasteiger partial charge in [0.25, 0.3) is 0 Å². The number of hydrogen-bond donors (Lipinski definition) is 0. The van der Waals surface area contributed by atoms with Crippen molar-refractivity contribution in [1.82, 2.24) is 9.88 Å². The monoisotopic (exact) mass is 473 g/mol. The topological polar surface area (TPSA) is 83.7 Å². The summed E-state index contributed by atoms with van der Waals surface area (Å²) < 4.78 is 32.9. The van der Waals surface area contributed by atoms with Gasteiger partial charge in [-0.3, -0.25) is 4.79 Å². The number of rotatable bonds is 6. The first-order valence-electron chi connectivity index (χ1n) is 10.5. The fraction of sp³-hybridized carbons (Fsp3) is 0.304. The predicted molar refractivity (Wildman–Crippen MR) is 123 cm³/mol. The van der Waals surface area contributed by atoms with E-state index in [2.05, 4.69) is 4.98 Å². The van der Waals surface area contributed by atoms with E-state index in [-0.39, 0.29) is 27.6 Å². The number of carbonyl (C=O) groups is 1. The summed E-state index contributed by atoms with van der Waals surface area (Å²) in [4.78, 5) is 20.4. The van der Waals surface area contributed by atoms with Crippen molar-refractivity contribution in [3.63, 3.8) is 0 Å². The lowest BCUT2D eigenvalue weighted by molar-refractivity contribution is -0.131. The van der Waals surface area contributed by atoms with Crippen molar-refractivity contribution in [2.45, 2.75) is 29.7 Å². The molecule has 2 aromatic carbocycles. The number of halogens is 1. The molecule has 1 aromatic heterocycles. The number of hydrogen-bond acceptors (Lipinski definition) is 6. The summed E-state index contributed by atoms with van der Waals surface area (Å²) >= 11 is 5.94. The SMILES string of the molecule is CCCC(=O)N1CCN(c2oc(-c3ccccc3)nc2S(=O)(=O)c2ccc(Cl)cc2)CC1. The largest absolute Gasteiger partial charge is 0.419 e. The minimum absolute atomic E-state index is 0.0906. The summed E-state index contributed by atoms with van der Waals surface area (Å²) in [5.74, 6) is 0.544. The average molecular weight is 474 g/mol. The van der Waals surface area contributed by atoms with E-state index in [9.17, 15) is 13.2 Å². The molecule has 0 atom stereocenters. The lowest BCUT2D eigenvalue weighted by Crippen LogP contribution is -2.48. The van der Waals surface area contributed by atoms with E-state index in [1.807, 2.05) is 47.1 Å². The zero-order valence-corrected chi connectivity index (χ0v) is 19.3. The number of sulfone groups is 1. The van der Waals surface area contributed by atoms with Gasteiger partial charge in [0.2, 0.25) is 32.5 Å². The smallest absolute Gasteiger partial charge is 0.236 e. The van der Waals surface area contributed by atoms with E-state index in [1.165, 1.54) is 24.3 Å². The summed E-state index contributed by atoms with van der Waals surface area (Å²) in [7, 11) is -3.95. The van der Waals surface area contributed by atoms with Crippen LogP contribution in [-0.2, 0) is 14.6 Å². The molecule has 1 amide bonds. The first kappa shape index (κ1) is 22.4. The van der Waals surface area contributed by atoms with Crippen molar-refractivity contribution in [1.29, 1.82) is 0 Å². The zero-order valence-electron chi connectivity index (χ0n) is 17.7. The quantitative estimate of drug-likeness (QED) is 0.531. The fourth-order valence-electron chi connectivity index (χ4n) is 3.63. The maximum absolute atomic E-state index is 13.5. The van der Waals surface area contributed by atoms with Crippen LogP contribution in [-0.4, -0.2) is 50.4 Å². The van der Waals surface area contributed by atoms with Gasteiger partial charge in [0.15, 0.2) is 0 Å². The lowest BCUT2D eigenvalue weighted by Gasteiger charge is -2.34. The maximum Gasteiger partial charge on any atom is 0.236 e. The van der Waals surface area contributed by atoms with Crippen LogP contribution in [0.1, 0.15) is 19.8 Å². The molecule has 3 aromatic rings. The molecule has 0 saturated carbocycles. The molecule has 0 spiro atoms. The van der Waals surface area contributed by atoms with Gasteiger partial charge in [0.1, 0.15) is 0 Å². The molecule has 2 heterocycles. The molecular formula is C23H24ClN3O4S. The molecule has 7 nitrogen and oxygen atoms in total. The molecule has 0 N–H and O–H groups in total. The minimum atomic E-state index is -3.95. The lowest BCUT2D eigenvalue weighted by atomic mass is 10.2. The Morgan fingerprint density at radius 3 is 2.31 bits per heavy atom. The van der Waals surface area contributed by atoms with Crippen LogP contribution in [0.5, 0.6) is 0 Å². The second-order valence-corrected chi connectivity index (χ2v) is 9.87. The molecule has 32 heavy (non-hydrogen) atoms.